The highest BCUT2D eigenvalue weighted by molar-refractivity contribution is 9.09. The number of carbonyl (C=O) groups excluding carboxylic acids is 1. The summed E-state index contributed by atoms with van der Waals surface area (Å²) in [6, 6.07) is 1.89. The fourth-order valence-electron chi connectivity index (χ4n) is 0.420. The van der Waals surface area contributed by atoms with Gasteiger partial charge in [0, 0.05) is 5.33 Å². The average Bonchev–Trinajstić information content (AvgIpc) is 2.03. The summed E-state index contributed by atoms with van der Waals surface area (Å²) in [6.07, 6.45) is 0. The number of esters is 1. The molecule has 0 N–H and O–H groups in total. The summed E-state index contributed by atoms with van der Waals surface area (Å²) in [7, 11) is 0. The summed E-state index contributed by atoms with van der Waals surface area (Å²) in [5.74, 6) is -0.473. The summed E-state index contributed by atoms with van der Waals surface area (Å²) in [6.45, 7) is 3.56. The Balaban J connectivity index is 4.28. The fourth-order valence-corrected chi connectivity index (χ4v) is 0.775. The Labute approximate surface area is 74.5 Å². The predicted octanol–water partition coefficient (Wildman–Crippen LogP) is 1.47. The Morgan fingerprint density at radius 1 is 1.82 bits per heavy atom. The van der Waals surface area contributed by atoms with Gasteiger partial charge in [0.15, 0.2) is 5.41 Å². The number of rotatable bonds is 3. The number of nitriles is 1. The van der Waals surface area contributed by atoms with Gasteiger partial charge >= 0.3 is 5.97 Å². The predicted molar refractivity (Wildman–Crippen MR) is 44.1 cm³/mol. The van der Waals surface area contributed by atoms with Crippen LogP contribution in [0.3, 0.4) is 0 Å². The molecule has 0 amide bonds. The van der Waals surface area contributed by atoms with Gasteiger partial charge in [0.25, 0.3) is 0 Å². The van der Waals surface area contributed by atoms with Gasteiger partial charge in [-0.25, -0.2) is 0 Å². The van der Waals surface area contributed by atoms with Crippen molar-refractivity contribution in [1.82, 2.24) is 0 Å². The summed E-state index contributed by atoms with van der Waals surface area (Å²) >= 11 is 3.08. The van der Waals surface area contributed by atoms with E-state index in [-0.39, 0.29) is 0 Å². The van der Waals surface area contributed by atoms with Gasteiger partial charge in [-0.05, 0) is 13.8 Å². The molecule has 0 aromatic heterocycles. The molecule has 62 valence electrons. The zero-order valence-corrected chi connectivity index (χ0v) is 8.14. The van der Waals surface area contributed by atoms with E-state index in [0.717, 1.165) is 0 Å². The minimum absolute atomic E-state index is 0.301. The normalized spacial score (nSPS) is 14.7. The van der Waals surface area contributed by atoms with Crippen LogP contribution in [0.2, 0.25) is 0 Å². The first kappa shape index (κ1) is 10.4. The van der Waals surface area contributed by atoms with Crippen molar-refractivity contribution in [3.8, 4) is 6.07 Å². The topological polar surface area (TPSA) is 50.1 Å². The second-order valence-corrected chi connectivity index (χ2v) is 2.86. The van der Waals surface area contributed by atoms with Gasteiger partial charge in [0.1, 0.15) is 0 Å². The maximum Gasteiger partial charge on any atom is 0.327 e. The maximum absolute atomic E-state index is 11.1. The molecule has 0 fully saturated rings. The van der Waals surface area contributed by atoms with E-state index >= 15 is 0 Å². The van der Waals surface area contributed by atoms with E-state index < -0.39 is 11.4 Å². The van der Waals surface area contributed by atoms with Crippen LogP contribution in [-0.4, -0.2) is 17.9 Å². The molecule has 0 bridgehead atoms. The molecular weight excluding hydrogens is 210 g/mol. The molecule has 0 radical (unpaired) electrons. The average molecular weight is 220 g/mol. The molecule has 0 aromatic carbocycles. The number of nitrogens with zero attached hydrogens (tertiary/aromatic N) is 1. The third-order valence-electron chi connectivity index (χ3n) is 1.24. The van der Waals surface area contributed by atoms with E-state index in [1.165, 1.54) is 0 Å². The van der Waals surface area contributed by atoms with Crippen molar-refractivity contribution in [1.29, 1.82) is 5.26 Å². The molecule has 0 aromatic rings. The van der Waals surface area contributed by atoms with Crippen LogP contribution in [0.5, 0.6) is 0 Å². The minimum Gasteiger partial charge on any atom is -0.465 e. The standard InChI is InChI=1S/C7H10BrNO2/c1-3-11-6(10)7(2,4-8)5-9/h3-4H2,1-2H3. The molecule has 0 saturated carbocycles. The number of halogens is 1. The van der Waals surface area contributed by atoms with E-state index in [1.54, 1.807) is 13.8 Å². The van der Waals surface area contributed by atoms with E-state index in [0.29, 0.717) is 11.9 Å². The molecule has 0 rings (SSSR count). The van der Waals surface area contributed by atoms with Crippen molar-refractivity contribution >= 4 is 21.9 Å². The first-order chi connectivity index (χ1) is 5.10. The van der Waals surface area contributed by atoms with Crippen LogP contribution in [0.25, 0.3) is 0 Å². The second-order valence-electron chi connectivity index (χ2n) is 2.30. The van der Waals surface area contributed by atoms with Crippen molar-refractivity contribution in [2.24, 2.45) is 5.41 Å². The maximum atomic E-state index is 11.1. The van der Waals surface area contributed by atoms with Crippen LogP contribution in [0, 0.1) is 16.7 Å². The first-order valence-electron chi connectivity index (χ1n) is 3.25. The van der Waals surface area contributed by atoms with E-state index in [2.05, 4.69) is 15.9 Å². The van der Waals surface area contributed by atoms with Crippen LogP contribution in [0.15, 0.2) is 0 Å². The lowest BCUT2D eigenvalue weighted by Crippen LogP contribution is -2.29. The SMILES string of the molecule is CCOC(=O)C(C)(C#N)CBr. The molecule has 3 nitrogen and oxygen atoms in total. The van der Waals surface area contributed by atoms with Crippen molar-refractivity contribution in [3.05, 3.63) is 0 Å². The Morgan fingerprint density at radius 3 is 2.64 bits per heavy atom. The van der Waals surface area contributed by atoms with Crippen LogP contribution < -0.4 is 0 Å². The Kier molecular flexibility index (Phi) is 4.12. The van der Waals surface area contributed by atoms with Gasteiger partial charge < -0.3 is 4.74 Å². The summed E-state index contributed by atoms with van der Waals surface area (Å²) in [5, 5.41) is 8.90. The summed E-state index contributed by atoms with van der Waals surface area (Å²) in [5.41, 5.74) is -1.05. The number of ether oxygens (including phenoxy) is 1. The second kappa shape index (κ2) is 4.35. The molecule has 0 spiro atoms. The van der Waals surface area contributed by atoms with Crippen molar-refractivity contribution in [2.45, 2.75) is 13.8 Å². The highest BCUT2D eigenvalue weighted by Crippen LogP contribution is 2.19. The van der Waals surface area contributed by atoms with E-state index in [4.69, 9.17) is 10.00 Å². The molecule has 1 atom stereocenters. The number of hydrogen-bond donors (Lipinski definition) is 0. The molecule has 0 aliphatic carbocycles. The van der Waals surface area contributed by atoms with Crippen molar-refractivity contribution in [2.75, 3.05) is 11.9 Å². The number of carbonyl (C=O) groups is 1. The molecule has 0 aliphatic heterocycles. The van der Waals surface area contributed by atoms with Gasteiger partial charge in [0.05, 0.1) is 12.7 Å². The molecule has 0 saturated heterocycles. The third kappa shape index (κ3) is 2.51. The van der Waals surface area contributed by atoms with Crippen LogP contribution in [0.4, 0.5) is 0 Å². The highest BCUT2D eigenvalue weighted by Gasteiger charge is 2.33. The first-order valence-corrected chi connectivity index (χ1v) is 4.37. The zero-order valence-electron chi connectivity index (χ0n) is 6.56. The summed E-state index contributed by atoms with van der Waals surface area (Å²) in [4.78, 5) is 11.1. The van der Waals surface area contributed by atoms with Gasteiger partial charge in [-0.3, -0.25) is 4.79 Å². The lowest BCUT2D eigenvalue weighted by atomic mass is 9.96. The Morgan fingerprint density at radius 2 is 2.36 bits per heavy atom. The van der Waals surface area contributed by atoms with Crippen LogP contribution in [0.1, 0.15) is 13.8 Å². The summed E-state index contributed by atoms with van der Waals surface area (Å²) < 4.78 is 4.70. The van der Waals surface area contributed by atoms with Gasteiger partial charge in [-0.2, -0.15) is 5.26 Å². The van der Waals surface area contributed by atoms with Gasteiger partial charge in [-0.1, -0.05) is 15.9 Å². The van der Waals surface area contributed by atoms with E-state index in [9.17, 15) is 4.79 Å². The minimum atomic E-state index is -1.05. The van der Waals surface area contributed by atoms with Crippen LogP contribution >= 0.6 is 15.9 Å². The van der Waals surface area contributed by atoms with Crippen molar-refractivity contribution in [3.63, 3.8) is 0 Å². The Hall–Kier alpha value is -0.560. The Bertz CT molecular complexity index is 187. The molecule has 1 unspecified atom stereocenters. The number of hydrogen-bond acceptors (Lipinski definition) is 3. The van der Waals surface area contributed by atoms with Gasteiger partial charge in [0.2, 0.25) is 0 Å². The molecule has 0 heterocycles. The van der Waals surface area contributed by atoms with Gasteiger partial charge in [-0.15, -0.1) is 0 Å². The third-order valence-corrected chi connectivity index (χ3v) is 2.36. The molecule has 4 heteroatoms. The largest absolute Gasteiger partial charge is 0.465 e. The molecular formula is C7H10BrNO2. The smallest absolute Gasteiger partial charge is 0.327 e. The zero-order chi connectivity index (χ0) is 8.91. The van der Waals surface area contributed by atoms with Crippen LogP contribution in [-0.2, 0) is 9.53 Å². The molecule has 11 heavy (non-hydrogen) atoms. The fraction of sp³-hybridized carbons (Fsp3) is 0.714. The van der Waals surface area contributed by atoms with E-state index in [1.807, 2.05) is 6.07 Å². The monoisotopic (exact) mass is 219 g/mol. The van der Waals surface area contributed by atoms with Crippen molar-refractivity contribution < 1.29 is 9.53 Å². The quantitative estimate of drug-likeness (QED) is 0.534. The molecule has 0 aliphatic rings. The lowest BCUT2D eigenvalue weighted by Gasteiger charge is -2.15. The highest BCUT2D eigenvalue weighted by atomic mass is 79.9. The number of alkyl halides is 1. The lowest BCUT2D eigenvalue weighted by molar-refractivity contribution is -0.149.